The van der Waals surface area contributed by atoms with Gasteiger partial charge in [-0.15, -0.1) is 0 Å². The Bertz CT molecular complexity index is 1030. The first-order valence-electron chi connectivity index (χ1n) is 11.8. The lowest BCUT2D eigenvalue weighted by molar-refractivity contribution is -0.154. The Hall–Kier alpha value is -2.62. The zero-order chi connectivity index (χ0) is 25.1. The lowest BCUT2D eigenvalue weighted by atomic mass is 9.82. The van der Waals surface area contributed by atoms with Gasteiger partial charge < -0.3 is 15.0 Å². The molecule has 1 saturated carbocycles. The Morgan fingerprint density at radius 1 is 1.12 bits per heavy atom. The smallest absolute Gasteiger partial charge is 0.325 e. The number of rotatable bonds is 6. The molecule has 1 aliphatic heterocycles. The highest BCUT2D eigenvalue weighted by atomic mass is 32.2. The van der Waals surface area contributed by atoms with E-state index in [9.17, 15) is 22.8 Å². The number of hydrogen-bond acceptors (Lipinski definition) is 6. The molecular weight excluding hydrogens is 458 g/mol. The summed E-state index contributed by atoms with van der Waals surface area (Å²) >= 11 is 0. The fraction of sp³-hybridized carbons (Fsp3) is 0.625. The van der Waals surface area contributed by atoms with Crippen molar-refractivity contribution in [2.75, 3.05) is 30.2 Å². The zero-order valence-corrected chi connectivity index (χ0v) is 21.2. The molecule has 0 radical (unpaired) electrons. The van der Waals surface area contributed by atoms with Crippen LogP contribution < -0.4 is 9.62 Å². The first-order valence-corrected chi connectivity index (χ1v) is 13.6. The van der Waals surface area contributed by atoms with Crippen molar-refractivity contribution in [2.24, 2.45) is 5.92 Å². The molecule has 3 rings (SSSR count). The summed E-state index contributed by atoms with van der Waals surface area (Å²) in [5.74, 6) is -1.44. The number of hydrogen-bond donors (Lipinski definition) is 1. The minimum atomic E-state index is -3.63. The zero-order valence-electron chi connectivity index (χ0n) is 20.4. The number of carbonyl (C=O) groups is 3. The average Bonchev–Trinajstić information content (AvgIpc) is 2.89. The Labute approximate surface area is 201 Å². The van der Waals surface area contributed by atoms with Crippen LogP contribution in [0.3, 0.4) is 0 Å². The monoisotopic (exact) mass is 493 g/mol. The summed E-state index contributed by atoms with van der Waals surface area (Å²) < 4.78 is 31.5. The summed E-state index contributed by atoms with van der Waals surface area (Å²) in [6.07, 6.45) is 5.65. The van der Waals surface area contributed by atoms with Crippen LogP contribution in [0.1, 0.15) is 63.2 Å². The van der Waals surface area contributed by atoms with Crippen molar-refractivity contribution in [3.05, 3.63) is 29.8 Å². The Morgan fingerprint density at radius 3 is 2.38 bits per heavy atom. The van der Waals surface area contributed by atoms with E-state index in [1.807, 2.05) is 0 Å². The lowest BCUT2D eigenvalue weighted by Gasteiger charge is -2.37. The molecule has 1 atom stereocenters. The quantitative estimate of drug-likeness (QED) is 0.609. The first kappa shape index (κ1) is 26.0. The van der Waals surface area contributed by atoms with Crippen LogP contribution in [0.25, 0.3) is 0 Å². The van der Waals surface area contributed by atoms with Gasteiger partial charge in [-0.05, 0) is 51.7 Å². The fourth-order valence-electron chi connectivity index (χ4n) is 4.76. The maximum Gasteiger partial charge on any atom is 0.325 e. The van der Waals surface area contributed by atoms with Crippen molar-refractivity contribution in [3.8, 4) is 0 Å². The van der Waals surface area contributed by atoms with Crippen LogP contribution in [-0.2, 0) is 24.3 Å². The number of para-hydroxylation sites is 1. The minimum absolute atomic E-state index is 0.0458. The molecule has 0 saturated heterocycles. The van der Waals surface area contributed by atoms with Gasteiger partial charge in [-0.25, -0.2) is 8.42 Å². The number of esters is 1. The maximum atomic E-state index is 13.7. The van der Waals surface area contributed by atoms with E-state index in [-0.39, 0.29) is 37.0 Å². The third-order valence-electron chi connectivity index (χ3n) is 6.14. The summed E-state index contributed by atoms with van der Waals surface area (Å²) in [7, 11) is -3.63. The van der Waals surface area contributed by atoms with Gasteiger partial charge in [0.2, 0.25) is 15.9 Å². The molecule has 10 heteroatoms. The number of ether oxygens (including phenoxy) is 1. The predicted molar refractivity (Wildman–Crippen MR) is 129 cm³/mol. The second-order valence-electron chi connectivity index (χ2n) is 10.00. The maximum absolute atomic E-state index is 13.7. The standard InChI is InChI=1S/C24H35N3O6S/c1-24(2,3)33-20(28)16-25-22(29)21(17-10-6-5-7-11-17)26-14-15-27(34(4,31)32)19-13-9-8-12-18(19)23(26)30/h8-9,12-13,17,21H,5-7,10-11,14-16H2,1-4H3,(H,25,29). The molecule has 1 heterocycles. The molecule has 2 amide bonds. The highest BCUT2D eigenvalue weighted by Crippen LogP contribution is 2.33. The number of carbonyl (C=O) groups excluding carboxylic acids is 3. The average molecular weight is 494 g/mol. The predicted octanol–water partition coefficient (Wildman–Crippen LogP) is 2.32. The van der Waals surface area contributed by atoms with Crippen LogP contribution in [0.2, 0.25) is 0 Å². The number of nitrogens with zero attached hydrogens (tertiary/aromatic N) is 2. The third-order valence-corrected chi connectivity index (χ3v) is 7.32. The summed E-state index contributed by atoms with van der Waals surface area (Å²) in [6.45, 7) is 5.06. The number of benzene rings is 1. The number of anilines is 1. The highest BCUT2D eigenvalue weighted by Gasteiger charge is 2.40. The molecule has 0 aromatic heterocycles. The normalized spacial score (nSPS) is 18.6. The molecular formula is C24H35N3O6S. The highest BCUT2D eigenvalue weighted by molar-refractivity contribution is 7.92. The van der Waals surface area contributed by atoms with E-state index in [1.54, 1.807) is 45.0 Å². The van der Waals surface area contributed by atoms with E-state index < -0.39 is 33.5 Å². The van der Waals surface area contributed by atoms with Crippen LogP contribution in [0.15, 0.2) is 24.3 Å². The molecule has 1 aliphatic carbocycles. The number of amides is 2. The van der Waals surface area contributed by atoms with Gasteiger partial charge in [0.1, 0.15) is 18.2 Å². The Morgan fingerprint density at radius 2 is 1.76 bits per heavy atom. The summed E-state index contributed by atoms with van der Waals surface area (Å²) in [4.78, 5) is 40.7. The second kappa shape index (κ2) is 10.3. The summed E-state index contributed by atoms with van der Waals surface area (Å²) in [5, 5.41) is 2.67. The molecule has 0 bridgehead atoms. The number of fused-ring (bicyclic) bond motifs is 1. The molecule has 1 fully saturated rings. The van der Waals surface area contributed by atoms with E-state index in [0.29, 0.717) is 5.69 Å². The van der Waals surface area contributed by atoms with E-state index >= 15 is 0 Å². The van der Waals surface area contributed by atoms with E-state index in [2.05, 4.69) is 5.32 Å². The van der Waals surface area contributed by atoms with Crippen molar-refractivity contribution >= 4 is 33.5 Å². The third kappa shape index (κ3) is 6.28. The molecule has 34 heavy (non-hydrogen) atoms. The van der Waals surface area contributed by atoms with Gasteiger partial charge in [0.05, 0.1) is 24.1 Å². The number of nitrogens with one attached hydrogen (secondary N) is 1. The minimum Gasteiger partial charge on any atom is -0.459 e. The van der Waals surface area contributed by atoms with Crippen molar-refractivity contribution in [3.63, 3.8) is 0 Å². The van der Waals surface area contributed by atoms with Gasteiger partial charge in [0, 0.05) is 6.54 Å². The van der Waals surface area contributed by atoms with Gasteiger partial charge in [0.15, 0.2) is 0 Å². The largest absolute Gasteiger partial charge is 0.459 e. The van der Waals surface area contributed by atoms with E-state index in [1.165, 1.54) is 9.21 Å². The van der Waals surface area contributed by atoms with E-state index in [0.717, 1.165) is 38.4 Å². The van der Waals surface area contributed by atoms with E-state index in [4.69, 9.17) is 4.74 Å². The van der Waals surface area contributed by atoms with Gasteiger partial charge in [-0.3, -0.25) is 18.7 Å². The Kier molecular flexibility index (Phi) is 7.90. The summed E-state index contributed by atoms with van der Waals surface area (Å²) in [6, 6.07) is 5.76. The molecule has 1 aromatic carbocycles. The van der Waals surface area contributed by atoms with Gasteiger partial charge in [-0.1, -0.05) is 31.4 Å². The topological polar surface area (TPSA) is 113 Å². The summed E-state index contributed by atoms with van der Waals surface area (Å²) in [5.41, 5.74) is -0.121. The van der Waals surface area contributed by atoms with Gasteiger partial charge in [0.25, 0.3) is 5.91 Å². The molecule has 188 valence electrons. The van der Waals surface area contributed by atoms with Crippen molar-refractivity contribution in [1.29, 1.82) is 0 Å². The molecule has 1 aromatic rings. The molecule has 0 spiro atoms. The molecule has 2 aliphatic rings. The lowest BCUT2D eigenvalue weighted by Crippen LogP contribution is -2.55. The van der Waals surface area contributed by atoms with Gasteiger partial charge in [-0.2, -0.15) is 0 Å². The second-order valence-corrected chi connectivity index (χ2v) is 11.9. The van der Waals surface area contributed by atoms with Crippen molar-refractivity contribution < 1.29 is 27.5 Å². The van der Waals surface area contributed by atoms with Crippen molar-refractivity contribution in [2.45, 2.75) is 64.5 Å². The molecule has 1 unspecified atom stereocenters. The van der Waals surface area contributed by atoms with Gasteiger partial charge >= 0.3 is 5.97 Å². The van der Waals surface area contributed by atoms with Crippen LogP contribution in [0.4, 0.5) is 5.69 Å². The Balaban J connectivity index is 1.91. The molecule has 9 nitrogen and oxygen atoms in total. The fourth-order valence-corrected chi connectivity index (χ4v) is 5.69. The molecule has 1 N–H and O–H groups in total. The van der Waals surface area contributed by atoms with Crippen molar-refractivity contribution in [1.82, 2.24) is 10.2 Å². The number of sulfonamides is 1. The first-order chi connectivity index (χ1) is 15.9. The van der Waals surface area contributed by atoms with Crippen LogP contribution in [-0.4, -0.2) is 68.6 Å². The van der Waals surface area contributed by atoms with Crippen LogP contribution in [0, 0.1) is 5.92 Å². The van der Waals surface area contributed by atoms with Crippen LogP contribution >= 0.6 is 0 Å². The SMILES string of the molecule is CC(C)(C)OC(=O)CNC(=O)C(C1CCCCC1)N1CCN(S(C)(=O)=O)c2ccccc2C1=O. The van der Waals surface area contributed by atoms with Crippen LogP contribution in [0.5, 0.6) is 0 Å².